The summed E-state index contributed by atoms with van der Waals surface area (Å²) >= 11 is 0. The maximum atomic E-state index is 10.9. The van der Waals surface area contributed by atoms with Crippen molar-refractivity contribution in [2.24, 2.45) is 5.92 Å². The second-order valence-corrected chi connectivity index (χ2v) is 2.61. The van der Waals surface area contributed by atoms with Crippen molar-refractivity contribution in [3.05, 3.63) is 0 Å². The molecule has 0 heterocycles. The summed E-state index contributed by atoms with van der Waals surface area (Å²) in [5.74, 6) is 0.777. The topological polar surface area (TPSA) is 29.1 Å². The molecule has 0 radical (unpaired) electrons. The first kappa shape index (κ1) is 9.92. The van der Waals surface area contributed by atoms with E-state index in [-0.39, 0.29) is 12.4 Å². The van der Waals surface area contributed by atoms with Crippen LogP contribution in [0.3, 0.4) is 0 Å². The van der Waals surface area contributed by atoms with Gasteiger partial charge in [-0.05, 0) is 19.9 Å². The smallest absolute Gasteiger partial charge is 0.137 e. The third-order valence-corrected chi connectivity index (χ3v) is 1.88. The molecule has 1 fully saturated rings. The number of rotatable bonds is 2. The Morgan fingerprint density at radius 1 is 1.70 bits per heavy atom. The van der Waals surface area contributed by atoms with Crippen molar-refractivity contribution in [2.45, 2.75) is 19.3 Å². The normalized spacial score (nSPS) is 24.5. The van der Waals surface area contributed by atoms with Gasteiger partial charge in [0, 0.05) is 18.9 Å². The molecule has 0 aromatic carbocycles. The quantitative estimate of drug-likeness (QED) is 0.658. The number of carbonyl (C=O) groups excluding carboxylic acids is 1. The highest BCUT2D eigenvalue weighted by molar-refractivity contribution is 5.85. The van der Waals surface area contributed by atoms with Gasteiger partial charge < -0.3 is 5.32 Å². The molecule has 0 aliphatic heterocycles. The Hall–Kier alpha value is -0.0800. The zero-order chi connectivity index (χ0) is 6.69. The molecule has 1 atom stereocenters. The largest absolute Gasteiger partial charge is 0.319 e. The van der Waals surface area contributed by atoms with Crippen molar-refractivity contribution in [1.82, 2.24) is 5.32 Å². The highest BCUT2D eigenvalue weighted by Gasteiger charge is 2.22. The number of hydrogen-bond acceptors (Lipinski definition) is 2. The van der Waals surface area contributed by atoms with Crippen LogP contribution in [0.5, 0.6) is 0 Å². The molecule has 1 aliphatic rings. The average Bonchev–Trinajstić information content (AvgIpc) is 2.18. The van der Waals surface area contributed by atoms with Crippen molar-refractivity contribution in [3.8, 4) is 0 Å². The van der Waals surface area contributed by atoms with Crippen molar-refractivity contribution in [2.75, 3.05) is 13.6 Å². The van der Waals surface area contributed by atoms with Crippen LogP contribution in [0, 0.1) is 5.92 Å². The van der Waals surface area contributed by atoms with E-state index >= 15 is 0 Å². The van der Waals surface area contributed by atoms with E-state index in [1.807, 2.05) is 7.05 Å². The molecule has 3 heteroatoms. The Bertz CT molecular complexity index is 116. The maximum Gasteiger partial charge on any atom is 0.137 e. The van der Waals surface area contributed by atoms with E-state index in [0.29, 0.717) is 11.7 Å². The number of halogens is 1. The molecule has 1 saturated carbocycles. The van der Waals surface area contributed by atoms with Gasteiger partial charge in [-0.1, -0.05) is 0 Å². The van der Waals surface area contributed by atoms with Gasteiger partial charge in [0.1, 0.15) is 5.78 Å². The van der Waals surface area contributed by atoms with E-state index in [9.17, 15) is 4.79 Å². The van der Waals surface area contributed by atoms with Gasteiger partial charge in [0.15, 0.2) is 0 Å². The summed E-state index contributed by atoms with van der Waals surface area (Å²) in [6.07, 6.45) is 3.01. The van der Waals surface area contributed by atoms with Gasteiger partial charge in [-0.3, -0.25) is 4.79 Å². The van der Waals surface area contributed by atoms with Gasteiger partial charge >= 0.3 is 0 Å². The molecular weight excluding hydrogens is 150 g/mol. The molecule has 0 aromatic heterocycles. The standard InChI is InChI=1S/C7H13NO.ClH/c1-8-5-6-3-2-4-7(6)9;/h6,8H,2-5H2,1H3;1H. The first-order valence-electron chi connectivity index (χ1n) is 3.52. The Morgan fingerprint density at radius 2 is 2.40 bits per heavy atom. The Kier molecular flexibility index (Phi) is 4.65. The summed E-state index contributed by atoms with van der Waals surface area (Å²) in [5, 5.41) is 3.02. The number of Topliss-reactive ketones (excluding diaryl/α,β-unsaturated/α-hetero) is 1. The molecule has 0 bridgehead atoms. The summed E-state index contributed by atoms with van der Waals surface area (Å²) in [5.41, 5.74) is 0. The minimum absolute atomic E-state index is 0. The van der Waals surface area contributed by atoms with Crippen LogP contribution in [0.2, 0.25) is 0 Å². The molecule has 0 saturated heterocycles. The van der Waals surface area contributed by atoms with Crippen molar-refractivity contribution in [3.63, 3.8) is 0 Å². The lowest BCUT2D eigenvalue weighted by atomic mass is 10.1. The monoisotopic (exact) mass is 163 g/mol. The van der Waals surface area contributed by atoms with Crippen molar-refractivity contribution in [1.29, 1.82) is 0 Å². The van der Waals surface area contributed by atoms with E-state index < -0.39 is 0 Å². The van der Waals surface area contributed by atoms with E-state index in [0.717, 1.165) is 25.8 Å². The van der Waals surface area contributed by atoms with Gasteiger partial charge in [0.2, 0.25) is 0 Å². The highest BCUT2D eigenvalue weighted by Crippen LogP contribution is 2.19. The molecule has 60 valence electrons. The van der Waals surface area contributed by atoms with E-state index in [4.69, 9.17) is 0 Å². The molecule has 2 nitrogen and oxygen atoms in total. The molecule has 10 heavy (non-hydrogen) atoms. The second-order valence-electron chi connectivity index (χ2n) is 2.61. The summed E-state index contributed by atoms with van der Waals surface area (Å²) in [6, 6.07) is 0. The summed E-state index contributed by atoms with van der Waals surface area (Å²) < 4.78 is 0. The summed E-state index contributed by atoms with van der Waals surface area (Å²) in [4.78, 5) is 10.9. The molecule has 1 unspecified atom stereocenters. The first-order chi connectivity index (χ1) is 4.34. The average molecular weight is 164 g/mol. The first-order valence-corrected chi connectivity index (χ1v) is 3.52. The van der Waals surface area contributed by atoms with Crippen LogP contribution in [0.1, 0.15) is 19.3 Å². The van der Waals surface area contributed by atoms with Crippen LogP contribution < -0.4 is 5.32 Å². The van der Waals surface area contributed by atoms with Crippen LogP contribution in [0.25, 0.3) is 0 Å². The Morgan fingerprint density at radius 3 is 2.80 bits per heavy atom. The van der Waals surface area contributed by atoms with Crippen LogP contribution in [0.15, 0.2) is 0 Å². The molecular formula is C7H14ClNO. The predicted octanol–water partition coefficient (Wildman–Crippen LogP) is 0.997. The summed E-state index contributed by atoms with van der Waals surface area (Å²) in [6.45, 7) is 0.874. The van der Waals surface area contributed by atoms with Crippen LogP contribution in [-0.2, 0) is 4.79 Å². The number of ketones is 1. The maximum absolute atomic E-state index is 10.9. The minimum atomic E-state index is 0. The lowest BCUT2D eigenvalue weighted by Gasteiger charge is -2.03. The van der Waals surface area contributed by atoms with Crippen LogP contribution >= 0.6 is 12.4 Å². The van der Waals surface area contributed by atoms with E-state index in [1.54, 1.807) is 0 Å². The fraction of sp³-hybridized carbons (Fsp3) is 0.857. The molecule has 0 amide bonds. The van der Waals surface area contributed by atoms with Crippen molar-refractivity contribution < 1.29 is 4.79 Å². The van der Waals surface area contributed by atoms with Gasteiger partial charge in [0.05, 0.1) is 0 Å². The second kappa shape index (κ2) is 4.69. The van der Waals surface area contributed by atoms with Crippen molar-refractivity contribution >= 4 is 18.2 Å². The molecule has 1 rings (SSSR count). The molecule has 1 aliphatic carbocycles. The van der Waals surface area contributed by atoms with Gasteiger partial charge in [-0.2, -0.15) is 0 Å². The minimum Gasteiger partial charge on any atom is -0.319 e. The zero-order valence-electron chi connectivity index (χ0n) is 6.22. The lowest BCUT2D eigenvalue weighted by molar-refractivity contribution is -0.120. The molecule has 0 aromatic rings. The van der Waals surface area contributed by atoms with Crippen LogP contribution in [0.4, 0.5) is 0 Å². The molecule has 0 spiro atoms. The lowest BCUT2D eigenvalue weighted by Crippen LogP contribution is -2.21. The number of hydrogen-bond donors (Lipinski definition) is 1. The fourth-order valence-corrected chi connectivity index (χ4v) is 1.35. The Labute approximate surface area is 67.8 Å². The Balaban J connectivity index is 0.000000810. The van der Waals surface area contributed by atoms with E-state index in [2.05, 4.69) is 5.32 Å². The zero-order valence-corrected chi connectivity index (χ0v) is 7.04. The molecule has 1 N–H and O–H groups in total. The highest BCUT2D eigenvalue weighted by atomic mass is 35.5. The van der Waals surface area contributed by atoms with Crippen LogP contribution in [-0.4, -0.2) is 19.4 Å². The SMILES string of the molecule is CNCC1CCCC1=O.Cl. The van der Waals surface area contributed by atoms with E-state index in [1.165, 1.54) is 0 Å². The summed E-state index contributed by atoms with van der Waals surface area (Å²) in [7, 11) is 1.89. The van der Waals surface area contributed by atoms with Gasteiger partial charge in [-0.15, -0.1) is 12.4 Å². The number of carbonyl (C=O) groups is 1. The van der Waals surface area contributed by atoms with Gasteiger partial charge in [0.25, 0.3) is 0 Å². The number of nitrogens with one attached hydrogen (secondary N) is 1. The predicted molar refractivity (Wildman–Crippen MR) is 43.5 cm³/mol. The van der Waals surface area contributed by atoms with Gasteiger partial charge in [-0.25, -0.2) is 0 Å². The third-order valence-electron chi connectivity index (χ3n) is 1.88. The fourth-order valence-electron chi connectivity index (χ4n) is 1.35. The third kappa shape index (κ3) is 2.27.